The summed E-state index contributed by atoms with van der Waals surface area (Å²) >= 11 is 0. The first-order valence-corrected chi connectivity index (χ1v) is 7.02. The number of fused-ring (bicyclic) bond motifs is 1. The molecule has 2 unspecified atom stereocenters. The lowest BCUT2D eigenvalue weighted by Crippen LogP contribution is -2.22. The van der Waals surface area contributed by atoms with E-state index >= 15 is 0 Å². The lowest BCUT2D eigenvalue weighted by atomic mass is 9.96. The molecule has 0 saturated heterocycles. The van der Waals surface area contributed by atoms with Gasteiger partial charge in [0.15, 0.2) is 11.5 Å². The molecule has 0 fully saturated rings. The first-order valence-electron chi connectivity index (χ1n) is 7.02. The molecule has 0 aromatic heterocycles. The van der Waals surface area contributed by atoms with Gasteiger partial charge < -0.3 is 19.9 Å². The van der Waals surface area contributed by atoms with E-state index in [1.165, 1.54) is 0 Å². The molecule has 2 aromatic carbocycles. The van der Waals surface area contributed by atoms with Crippen molar-refractivity contribution in [3.63, 3.8) is 0 Å². The molecule has 110 valence electrons. The third-order valence-electron chi connectivity index (χ3n) is 3.66. The summed E-state index contributed by atoms with van der Waals surface area (Å²) in [5.74, 6) is 1.52. The molecule has 0 bridgehead atoms. The Bertz CT molecular complexity index is 600. The number of hydrogen-bond donors (Lipinski definition) is 1. The standard InChI is InChI=1S/C17H19NO3/c1-19-17(12-5-3-2-4-6-12)16(18)13-7-8-14-15(11-13)21-10-9-20-14/h2-8,11,16-17H,9-10,18H2,1H3. The van der Waals surface area contributed by atoms with Crippen LogP contribution in [0, 0.1) is 0 Å². The van der Waals surface area contributed by atoms with Crippen molar-refractivity contribution in [2.75, 3.05) is 20.3 Å². The van der Waals surface area contributed by atoms with E-state index < -0.39 is 0 Å². The van der Waals surface area contributed by atoms with Crippen LogP contribution in [0.15, 0.2) is 48.5 Å². The average Bonchev–Trinajstić information content (AvgIpc) is 2.56. The lowest BCUT2D eigenvalue weighted by Gasteiger charge is -2.25. The molecule has 0 amide bonds. The van der Waals surface area contributed by atoms with Crippen LogP contribution in [0.2, 0.25) is 0 Å². The number of nitrogens with two attached hydrogens (primary N) is 1. The maximum absolute atomic E-state index is 6.39. The maximum Gasteiger partial charge on any atom is 0.161 e. The molecule has 0 aliphatic carbocycles. The molecule has 2 aromatic rings. The molecule has 4 heteroatoms. The minimum atomic E-state index is -0.270. The van der Waals surface area contributed by atoms with Gasteiger partial charge in [0, 0.05) is 7.11 Å². The van der Waals surface area contributed by atoms with E-state index in [0.717, 1.165) is 22.6 Å². The molecule has 21 heavy (non-hydrogen) atoms. The highest BCUT2D eigenvalue weighted by Gasteiger charge is 2.23. The van der Waals surface area contributed by atoms with Gasteiger partial charge in [0.1, 0.15) is 19.3 Å². The first kappa shape index (κ1) is 13.9. The van der Waals surface area contributed by atoms with Crippen molar-refractivity contribution in [3.05, 3.63) is 59.7 Å². The minimum absolute atomic E-state index is 0.200. The fourth-order valence-electron chi connectivity index (χ4n) is 2.57. The van der Waals surface area contributed by atoms with Crippen LogP contribution in [0.1, 0.15) is 23.3 Å². The maximum atomic E-state index is 6.39. The van der Waals surface area contributed by atoms with Crippen LogP contribution in [0.3, 0.4) is 0 Å². The van der Waals surface area contributed by atoms with Crippen molar-refractivity contribution in [2.24, 2.45) is 5.73 Å². The van der Waals surface area contributed by atoms with E-state index in [1.54, 1.807) is 7.11 Å². The summed E-state index contributed by atoms with van der Waals surface area (Å²) in [6, 6.07) is 15.5. The van der Waals surface area contributed by atoms with Gasteiger partial charge in [-0.05, 0) is 23.3 Å². The second kappa shape index (κ2) is 6.16. The molecule has 0 saturated carbocycles. The normalized spacial score (nSPS) is 16.3. The van der Waals surface area contributed by atoms with Gasteiger partial charge in [0.05, 0.1) is 6.04 Å². The Hall–Kier alpha value is -2.04. The van der Waals surface area contributed by atoms with Crippen molar-refractivity contribution in [1.29, 1.82) is 0 Å². The van der Waals surface area contributed by atoms with Crippen LogP contribution in [-0.2, 0) is 4.74 Å². The molecular weight excluding hydrogens is 266 g/mol. The van der Waals surface area contributed by atoms with Gasteiger partial charge in [-0.25, -0.2) is 0 Å². The molecule has 2 atom stereocenters. The summed E-state index contributed by atoms with van der Waals surface area (Å²) in [7, 11) is 1.68. The second-order valence-electron chi connectivity index (χ2n) is 5.00. The molecule has 3 rings (SSSR count). The number of methoxy groups -OCH3 is 1. The highest BCUT2D eigenvalue weighted by Crippen LogP contribution is 2.36. The highest BCUT2D eigenvalue weighted by molar-refractivity contribution is 5.45. The van der Waals surface area contributed by atoms with Gasteiger partial charge in [-0.2, -0.15) is 0 Å². The summed E-state index contributed by atoms with van der Waals surface area (Å²) in [6.07, 6.45) is -0.200. The van der Waals surface area contributed by atoms with E-state index in [4.69, 9.17) is 19.9 Å². The molecule has 2 N–H and O–H groups in total. The fourth-order valence-corrected chi connectivity index (χ4v) is 2.57. The zero-order valence-corrected chi connectivity index (χ0v) is 12.0. The molecule has 0 spiro atoms. The zero-order chi connectivity index (χ0) is 14.7. The Morgan fingerprint density at radius 3 is 2.38 bits per heavy atom. The van der Waals surface area contributed by atoms with Crippen molar-refractivity contribution >= 4 is 0 Å². The summed E-state index contributed by atoms with van der Waals surface area (Å²) in [4.78, 5) is 0. The number of benzene rings is 2. The van der Waals surface area contributed by atoms with Crippen LogP contribution in [-0.4, -0.2) is 20.3 Å². The van der Waals surface area contributed by atoms with E-state index in [-0.39, 0.29) is 12.1 Å². The van der Waals surface area contributed by atoms with Crippen LogP contribution in [0.4, 0.5) is 0 Å². The quantitative estimate of drug-likeness (QED) is 0.938. The third kappa shape index (κ3) is 2.86. The summed E-state index contributed by atoms with van der Waals surface area (Å²) < 4.78 is 16.7. The fraction of sp³-hybridized carbons (Fsp3) is 0.294. The second-order valence-corrected chi connectivity index (χ2v) is 5.00. The van der Waals surface area contributed by atoms with Crippen LogP contribution in [0.5, 0.6) is 11.5 Å². The molecule has 0 radical (unpaired) electrons. The van der Waals surface area contributed by atoms with E-state index in [2.05, 4.69) is 0 Å². The number of rotatable bonds is 4. The van der Waals surface area contributed by atoms with E-state index in [9.17, 15) is 0 Å². The van der Waals surface area contributed by atoms with E-state index in [0.29, 0.717) is 13.2 Å². The van der Waals surface area contributed by atoms with Gasteiger partial charge in [-0.1, -0.05) is 36.4 Å². The van der Waals surface area contributed by atoms with Crippen LogP contribution in [0.25, 0.3) is 0 Å². The zero-order valence-electron chi connectivity index (χ0n) is 12.0. The van der Waals surface area contributed by atoms with Crippen LogP contribution < -0.4 is 15.2 Å². The highest BCUT2D eigenvalue weighted by atomic mass is 16.6. The summed E-state index contributed by atoms with van der Waals surface area (Å²) in [5.41, 5.74) is 8.42. The summed E-state index contributed by atoms with van der Waals surface area (Å²) in [5, 5.41) is 0. The lowest BCUT2D eigenvalue weighted by molar-refractivity contribution is 0.0799. The van der Waals surface area contributed by atoms with Gasteiger partial charge in [0.25, 0.3) is 0 Å². The molecule has 1 aliphatic heterocycles. The molecule has 1 aliphatic rings. The topological polar surface area (TPSA) is 53.7 Å². The van der Waals surface area contributed by atoms with Crippen molar-refractivity contribution in [1.82, 2.24) is 0 Å². The summed E-state index contributed by atoms with van der Waals surface area (Å²) in [6.45, 7) is 1.15. The smallest absolute Gasteiger partial charge is 0.161 e. The Morgan fingerprint density at radius 2 is 1.67 bits per heavy atom. The Kier molecular flexibility index (Phi) is 4.08. The Morgan fingerprint density at radius 1 is 0.952 bits per heavy atom. The molecule has 1 heterocycles. The van der Waals surface area contributed by atoms with Gasteiger partial charge >= 0.3 is 0 Å². The third-order valence-corrected chi connectivity index (χ3v) is 3.66. The predicted octanol–water partition coefficient (Wildman–Crippen LogP) is 2.85. The average molecular weight is 285 g/mol. The van der Waals surface area contributed by atoms with Crippen molar-refractivity contribution in [2.45, 2.75) is 12.1 Å². The van der Waals surface area contributed by atoms with E-state index in [1.807, 2.05) is 48.5 Å². The van der Waals surface area contributed by atoms with Crippen molar-refractivity contribution in [3.8, 4) is 11.5 Å². The predicted molar refractivity (Wildman–Crippen MR) is 80.6 cm³/mol. The minimum Gasteiger partial charge on any atom is -0.486 e. The molecule has 4 nitrogen and oxygen atoms in total. The van der Waals surface area contributed by atoms with Crippen LogP contribution >= 0.6 is 0 Å². The van der Waals surface area contributed by atoms with Crippen molar-refractivity contribution < 1.29 is 14.2 Å². The van der Waals surface area contributed by atoms with Gasteiger partial charge in [0.2, 0.25) is 0 Å². The Balaban J connectivity index is 1.88. The largest absolute Gasteiger partial charge is 0.486 e. The van der Waals surface area contributed by atoms with Gasteiger partial charge in [-0.15, -0.1) is 0 Å². The van der Waals surface area contributed by atoms with Gasteiger partial charge in [-0.3, -0.25) is 0 Å². The number of hydrogen-bond acceptors (Lipinski definition) is 4. The SMILES string of the molecule is COC(c1ccccc1)C(N)c1ccc2c(c1)OCCO2. The first-order chi connectivity index (χ1) is 10.3. The number of ether oxygens (including phenoxy) is 3. The molecular formula is C17H19NO3. The monoisotopic (exact) mass is 285 g/mol. The Labute approximate surface area is 124 Å².